The minimum Gasteiger partial charge on any atom is -0.488 e. The second kappa shape index (κ2) is 5.51. The number of nitrogens with zero attached hydrogens (tertiary/aromatic N) is 1. The first kappa shape index (κ1) is 14.9. The summed E-state index contributed by atoms with van der Waals surface area (Å²) in [6.07, 6.45) is 2.18. The molecule has 0 spiro atoms. The zero-order valence-electron chi connectivity index (χ0n) is 12.9. The average molecular weight is 280 g/mol. The van der Waals surface area contributed by atoms with Gasteiger partial charge in [-0.15, -0.1) is 0 Å². The zero-order valence-corrected chi connectivity index (χ0v) is 12.9. The largest absolute Gasteiger partial charge is 0.488 e. The summed E-state index contributed by atoms with van der Waals surface area (Å²) < 4.78 is 19.4. The molecule has 0 radical (unpaired) electrons. The minimum atomic E-state index is -0.391. The van der Waals surface area contributed by atoms with Gasteiger partial charge in [0.05, 0.1) is 17.5 Å². The van der Waals surface area contributed by atoms with Crippen LogP contribution in [0.15, 0.2) is 12.1 Å². The lowest BCUT2D eigenvalue weighted by Crippen LogP contribution is -2.37. The van der Waals surface area contributed by atoms with Crippen molar-refractivity contribution in [1.82, 2.24) is 0 Å². The number of benzene rings is 1. The van der Waals surface area contributed by atoms with Crippen LogP contribution in [0.4, 0.5) is 15.8 Å². The molecular weight excluding hydrogens is 255 g/mol. The molecule has 1 saturated heterocycles. The maximum atomic E-state index is 13.9. The zero-order chi connectivity index (χ0) is 14.9. The predicted molar refractivity (Wildman–Crippen MR) is 81.8 cm³/mol. The molecule has 0 unspecified atom stereocenters. The quantitative estimate of drug-likeness (QED) is 0.855. The maximum Gasteiger partial charge on any atom is 0.167 e. The number of nitrogen functional groups attached to an aromatic ring is 1. The van der Waals surface area contributed by atoms with Crippen LogP contribution in [0, 0.1) is 11.2 Å². The smallest absolute Gasteiger partial charge is 0.167 e. The molecule has 2 rings (SSSR count). The lowest BCUT2D eigenvalue weighted by molar-refractivity contribution is 0.231. The highest BCUT2D eigenvalue weighted by Gasteiger charge is 2.27. The Balaban J connectivity index is 2.23. The topological polar surface area (TPSA) is 38.5 Å². The van der Waals surface area contributed by atoms with Crippen molar-refractivity contribution in [3.8, 4) is 5.75 Å². The predicted octanol–water partition coefficient (Wildman–Crippen LogP) is 3.82. The fraction of sp³-hybridized carbons (Fsp3) is 0.625. The molecule has 1 aromatic carbocycles. The molecule has 4 heteroatoms. The number of anilines is 2. The first-order chi connectivity index (χ1) is 9.28. The molecule has 1 heterocycles. The highest BCUT2D eigenvalue weighted by atomic mass is 19.1. The van der Waals surface area contributed by atoms with Gasteiger partial charge in [0.2, 0.25) is 0 Å². The van der Waals surface area contributed by atoms with E-state index in [4.69, 9.17) is 10.5 Å². The monoisotopic (exact) mass is 280 g/mol. The summed E-state index contributed by atoms with van der Waals surface area (Å²) in [6, 6.07) is 3.11. The lowest BCUT2D eigenvalue weighted by atomic mass is 9.82. The summed E-state index contributed by atoms with van der Waals surface area (Å²) in [6.45, 7) is 10.2. The van der Waals surface area contributed by atoms with Gasteiger partial charge in [-0.05, 0) is 32.1 Å². The van der Waals surface area contributed by atoms with E-state index >= 15 is 0 Å². The Labute approximate surface area is 120 Å². The Morgan fingerprint density at radius 1 is 1.25 bits per heavy atom. The molecule has 1 fully saturated rings. The first-order valence-corrected chi connectivity index (χ1v) is 7.29. The molecule has 2 N–H and O–H groups in total. The molecule has 0 aliphatic carbocycles. The van der Waals surface area contributed by atoms with Gasteiger partial charge in [0.1, 0.15) is 0 Å². The van der Waals surface area contributed by atoms with E-state index in [1.165, 1.54) is 6.07 Å². The van der Waals surface area contributed by atoms with Gasteiger partial charge in [-0.1, -0.05) is 13.8 Å². The molecule has 1 aliphatic rings. The van der Waals surface area contributed by atoms with Crippen molar-refractivity contribution in [2.24, 2.45) is 5.41 Å². The standard InChI is InChI=1S/C16H25FN2O/c1-11(2)20-15-10-14(13(18)9-12(15)17)19-7-5-16(3,4)6-8-19/h9-11H,5-8,18H2,1-4H3. The van der Waals surface area contributed by atoms with E-state index in [9.17, 15) is 4.39 Å². The van der Waals surface area contributed by atoms with Crippen LogP contribution >= 0.6 is 0 Å². The van der Waals surface area contributed by atoms with Crippen molar-refractivity contribution in [3.05, 3.63) is 17.9 Å². The molecule has 0 aromatic heterocycles. The summed E-state index contributed by atoms with van der Waals surface area (Å²) in [5.74, 6) is -0.105. The third-order valence-corrected chi connectivity index (χ3v) is 3.90. The number of hydrogen-bond donors (Lipinski definition) is 1. The fourth-order valence-electron chi connectivity index (χ4n) is 2.53. The summed E-state index contributed by atoms with van der Waals surface area (Å²) in [5, 5.41) is 0. The van der Waals surface area contributed by atoms with Crippen LogP contribution in [0.3, 0.4) is 0 Å². The second-order valence-electron chi connectivity index (χ2n) is 6.66. The van der Waals surface area contributed by atoms with Crippen molar-refractivity contribution in [3.63, 3.8) is 0 Å². The molecule has 0 amide bonds. The van der Waals surface area contributed by atoms with E-state index in [0.29, 0.717) is 11.1 Å². The van der Waals surface area contributed by atoms with E-state index in [-0.39, 0.29) is 11.9 Å². The van der Waals surface area contributed by atoms with Gasteiger partial charge in [-0.3, -0.25) is 0 Å². The van der Waals surface area contributed by atoms with Gasteiger partial charge in [0.25, 0.3) is 0 Å². The fourth-order valence-corrected chi connectivity index (χ4v) is 2.53. The van der Waals surface area contributed by atoms with E-state index in [1.807, 2.05) is 13.8 Å². The Kier molecular flexibility index (Phi) is 4.11. The van der Waals surface area contributed by atoms with Crippen molar-refractivity contribution in [2.45, 2.75) is 46.6 Å². The van der Waals surface area contributed by atoms with E-state index in [1.54, 1.807) is 6.07 Å². The normalized spacial score (nSPS) is 18.4. The summed E-state index contributed by atoms with van der Waals surface area (Å²) in [5.41, 5.74) is 7.73. The Morgan fingerprint density at radius 3 is 2.40 bits per heavy atom. The van der Waals surface area contributed by atoms with Gasteiger partial charge in [-0.2, -0.15) is 0 Å². The summed E-state index contributed by atoms with van der Waals surface area (Å²) in [7, 11) is 0. The van der Waals surface area contributed by atoms with Gasteiger partial charge in [0, 0.05) is 25.2 Å². The van der Waals surface area contributed by atoms with E-state index < -0.39 is 5.82 Å². The summed E-state index contributed by atoms with van der Waals surface area (Å²) >= 11 is 0. The van der Waals surface area contributed by atoms with Crippen LogP contribution in [-0.2, 0) is 0 Å². The summed E-state index contributed by atoms with van der Waals surface area (Å²) in [4.78, 5) is 2.23. The van der Waals surface area contributed by atoms with Gasteiger partial charge >= 0.3 is 0 Å². The number of rotatable bonds is 3. The van der Waals surface area contributed by atoms with Crippen LogP contribution in [0.25, 0.3) is 0 Å². The number of ether oxygens (including phenoxy) is 1. The second-order valence-corrected chi connectivity index (χ2v) is 6.66. The van der Waals surface area contributed by atoms with E-state index in [2.05, 4.69) is 18.7 Å². The van der Waals surface area contributed by atoms with Crippen molar-refractivity contribution in [2.75, 3.05) is 23.7 Å². The highest BCUT2D eigenvalue weighted by Crippen LogP contribution is 2.37. The number of nitrogens with two attached hydrogens (primary N) is 1. The van der Waals surface area contributed by atoms with Crippen molar-refractivity contribution < 1.29 is 9.13 Å². The van der Waals surface area contributed by atoms with Crippen molar-refractivity contribution >= 4 is 11.4 Å². The number of halogens is 1. The molecule has 0 atom stereocenters. The van der Waals surface area contributed by atoms with E-state index in [0.717, 1.165) is 31.6 Å². The van der Waals surface area contributed by atoms with Crippen LogP contribution < -0.4 is 15.4 Å². The van der Waals surface area contributed by atoms with Gasteiger partial charge < -0.3 is 15.4 Å². The molecule has 20 heavy (non-hydrogen) atoms. The molecular formula is C16H25FN2O. The third kappa shape index (κ3) is 3.35. The Morgan fingerprint density at radius 2 is 1.85 bits per heavy atom. The molecule has 0 saturated carbocycles. The third-order valence-electron chi connectivity index (χ3n) is 3.90. The first-order valence-electron chi connectivity index (χ1n) is 7.29. The minimum absolute atomic E-state index is 0.0544. The lowest BCUT2D eigenvalue weighted by Gasteiger charge is -2.38. The Hall–Kier alpha value is -1.45. The number of hydrogen-bond acceptors (Lipinski definition) is 3. The van der Waals surface area contributed by atoms with Crippen LogP contribution in [0.5, 0.6) is 5.75 Å². The maximum absolute atomic E-state index is 13.9. The molecule has 3 nitrogen and oxygen atoms in total. The van der Waals surface area contributed by atoms with Crippen molar-refractivity contribution in [1.29, 1.82) is 0 Å². The molecule has 112 valence electrons. The van der Waals surface area contributed by atoms with Crippen LogP contribution in [0.2, 0.25) is 0 Å². The average Bonchev–Trinajstić information content (AvgIpc) is 2.33. The Bertz CT molecular complexity index is 476. The van der Waals surface area contributed by atoms with Gasteiger partial charge in [0.15, 0.2) is 11.6 Å². The molecule has 1 aliphatic heterocycles. The van der Waals surface area contributed by atoms with Crippen LogP contribution in [-0.4, -0.2) is 19.2 Å². The number of piperidine rings is 1. The molecule has 0 bridgehead atoms. The molecule has 1 aromatic rings. The SMILES string of the molecule is CC(C)Oc1cc(N2CCC(C)(C)CC2)c(N)cc1F. The highest BCUT2D eigenvalue weighted by molar-refractivity contribution is 5.70. The van der Waals surface area contributed by atoms with Gasteiger partial charge in [-0.25, -0.2) is 4.39 Å². The van der Waals surface area contributed by atoms with Crippen LogP contribution in [0.1, 0.15) is 40.5 Å².